The molecule has 6 heteroatoms. The lowest BCUT2D eigenvalue weighted by Gasteiger charge is -2.25. The highest BCUT2D eigenvalue weighted by molar-refractivity contribution is 7.62. The van der Waals surface area contributed by atoms with Gasteiger partial charge in [0, 0.05) is 13.1 Å². The van der Waals surface area contributed by atoms with Crippen molar-refractivity contribution in [2.75, 3.05) is 26.3 Å². The number of benzene rings is 1. The number of hydrogen-bond donors (Lipinski definition) is 0. The van der Waals surface area contributed by atoms with Crippen LogP contribution in [0.4, 0.5) is 0 Å². The molecule has 1 rings (SSSR count). The van der Waals surface area contributed by atoms with Crippen LogP contribution in [0.5, 0.6) is 0 Å². The number of rotatable bonds is 10. The summed E-state index contributed by atoms with van der Waals surface area (Å²) in [6.45, 7) is 9.46. The molecule has 0 saturated heterocycles. The molecule has 0 aliphatic rings. The molecule has 0 spiro atoms. The maximum absolute atomic E-state index is 13.1. The van der Waals surface area contributed by atoms with E-state index in [4.69, 9.17) is 9.05 Å². The molecule has 0 fully saturated rings. The van der Waals surface area contributed by atoms with E-state index in [1.54, 1.807) is 43.0 Å². The van der Waals surface area contributed by atoms with E-state index in [0.717, 1.165) is 12.8 Å². The van der Waals surface area contributed by atoms with Gasteiger partial charge in [-0.15, -0.1) is 0 Å². The molecule has 0 unspecified atom stereocenters. The molecular weight excluding hydrogens is 313 g/mol. The van der Waals surface area contributed by atoms with Gasteiger partial charge in [0.05, 0.1) is 24.1 Å². The first-order valence-electron chi connectivity index (χ1n) is 8.31. The summed E-state index contributed by atoms with van der Waals surface area (Å²) in [5.41, 5.74) is 0.402. The molecule has 0 saturated carbocycles. The number of hydrogen-bond acceptors (Lipinski definition) is 4. The Labute approximate surface area is 139 Å². The minimum absolute atomic E-state index is 0.121. The molecule has 0 radical (unpaired) electrons. The first-order chi connectivity index (χ1) is 11.0. The van der Waals surface area contributed by atoms with E-state index in [9.17, 15) is 9.36 Å². The van der Waals surface area contributed by atoms with Crippen molar-refractivity contribution in [3.8, 4) is 0 Å². The summed E-state index contributed by atoms with van der Waals surface area (Å²) >= 11 is 0. The van der Waals surface area contributed by atoms with Gasteiger partial charge < -0.3 is 13.9 Å². The second kappa shape index (κ2) is 9.86. The van der Waals surface area contributed by atoms with Gasteiger partial charge in [-0.1, -0.05) is 26.0 Å². The fourth-order valence-corrected chi connectivity index (χ4v) is 4.20. The molecule has 0 aliphatic carbocycles. The molecule has 0 aliphatic heterocycles. The zero-order valence-corrected chi connectivity index (χ0v) is 15.5. The predicted molar refractivity (Wildman–Crippen MR) is 93.4 cm³/mol. The summed E-state index contributed by atoms with van der Waals surface area (Å²) in [6.07, 6.45) is 1.75. The molecule has 0 N–H and O–H groups in total. The molecule has 23 heavy (non-hydrogen) atoms. The monoisotopic (exact) mass is 341 g/mol. The first-order valence-corrected chi connectivity index (χ1v) is 9.86. The third kappa shape index (κ3) is 5.17. The van der Waals surface area contributed by atoms with E-state index in [1.165, 1.54) is 0 Å². The number of amides is 1. The summed E-state index contributed by atoms with van der Waals surface area (Å²) in [5, 5.41) is 0.353. The van der Waals surface area contributed by atoms with Crippen LogP contribution in [0.1, 0.15) is 50.9 Å². The van der Waals surface area contributed by atoms with Gasteiger partial charge in [0.1, 0.15) is 0 Å². The number of carbonyl (C=O) groups excluding carboxylic acids is 1. The van der Waals surface area contributed by atoms with Gasteiger partial charge in [0.2, 0.25) is 0 Å². The van der Waals surface area contributed by atoms with Crippen molar-refractivity contribution in [2.24, 2.45) is 0 Å². The Morgan fingerprint density at radius 2 is 1.52 bits per heavy atom. The van der Waals surface area contributed by atoms with Crippen molar-refractivity contribution in [2.45, 2.75) is 40.5 Å². The van der Waals surface area contributed by atoms with Gasteiger partial charge in [-0.2, -0.15) is 0 Å². The quantitative estimate of drug-likeness (QED) is 0.607. The number of nitrogens with zero attached hydrogens (tertiary/aromatic N) is 1. The van der Waals surface area contributed by atoms with Gasteiger partial charge in [0.25, 0.3) is 5.91 Å². The average molecular weight is 341 g/mol. The topological polar surface area (TPSA) is 55.8 Å². The van der Waals surface area contributed by atoms with Crippen molar-refractivity contribution in [1.29, 1.82) is 0 Å². The van der Waals surface area contributed by atoms with E-state index in [0.29, 0.717) is 24.0 Å². The van der Waals surface area contributed by atoms with E-state index >= 15 is 0 Å². The largest absolute Gasteiger partial charge is 0.362 e. The van der Waals surface area contributed by atoms with Crippen LogP contribution in [0, 0.1) is 0 Å². The molecule has 1 amide bonds. The highest BCUT2D eigenvalue weighted by Crippen LogP contribution is 2.47. The van der Waals surface area contributed by atoms with Crippen molar-refractivity contribution < 1.29 is 18.4 Å². The van der Waals surface area contributed by atoms with Crippen LogP contribution in [-0.4, -0.2) is 37.1 Å². The van der Waals surface area contributed by atoms with E-state index in [-0.39, 0.29) is 19.1 Å². The van der Waals surface area contributed by atoms with Crippen LogP contribution in [0.15, 0.2) is 24.3 Å². The van der Waals surface area contributed by atoms with Gasteiger partial charge in [-0.05, 0) is 38.8 Å². The summed E-state index contributed by atoms with van der Waals surface area (Å²) in [6, 6.07) is 6.88. The fourth-order valence-electron chi connectivity index (χ4n) is 2.43. The third-order valence-electron chi connectivity index (χ3n) is 3.30. The average Bonchev–Trinajstić information content (AvgIpc) is 2.54. The molecule has 0 atom stereocenters. The zero-order chi connectivity index (χ0) is 17.3. The van der Waals surface area contributed by atoms with E-state index in [1.807, 2.05) is 13.8 Å². The highest BCUT2D eigenvalue weighted by Gasteiger charge is 2.32. The molecule has 1 aromatic rings. The van der Waals surface area contributed by atoms with Gasteiger partial charge in [-0.25, -0.2) is 0 Å². The van der Waals surface area contributed by atoms with E-state index in [2.05, 4.69) is 0 Å². The molecule has 0 bridgehead atoms. The third-order valence-corrected chi connectivity index (χ3v) is 5.48. The Hall–Kier alpha value is -1.16. The maximum Gasteiger partial charge on any atom is 0.362 e. The number of carbonyl (C=O) groups is 1. The Morgan fingerprint density at radius 1 is 1.00 bits per heavy atom. The summed E-state index contributed by atoms with van der Waals surface area (Å²) < 4.78 is 23.9. The fraction of sp³-hybridized carbons (Fsp3) is 0.588. The lowest BCUT2D eigenvalue weighted by atomic mass is 10.2. The van der Waals surface area contributed by atoms with Gasteiger partial charge >= 0.3 is 7.60 Å². The zero-order valence-electron chi connectivity index (χ0n) is 14.6. The lowest BCUT2D eigenvalue weighted by molar-refractivity contribution is 0.0756. The molecular formula is C17H28NO4P. The van der Waals surface area contributed by atoms with Crippen molar-refractivity contribution in [3.05, 3.63) is 29.8 Å². The lowest BCUT2D eigenvalue weighted by Crippen LogP contribution is -2.35. The summed E-state index contributed by atoms with van der Waals surface area (Å²) in [4.78, 5) is 14.7. The molecule has 0 aromatic heterocycles. The van der Waals surface area contributed by atoms with Crippen LogP contribution in [0.3, 0.4) is 0 Å². The van der Waals surface area contributed by atoms with E-state index < -0.39 is 7.60 Å². The Balaban J connectivity index is 3.27. The maximum atomic E-state index is 13.1. The predicted octanol–water partition coefficient (Wildman–Crippen LogP) is 3.84. The second-order valence-electron chi connectivity index (χ2n) is 5.14. The van der Waals surface area contributed by atoms with Crippen molar-refractivity contribution in [1.82, 2.24) is 4.90 Å². The van der Waals surface area contributed by atoms with Crippen LogP contribution < -0.4 is 5.30 Å². The molecule has 0 heterocycles. The van der Waals surface area contributed by atoms with Crippen LogP contribution in [0.2, 0.25) is 0 Å². The Morgan fingerprint density at radius 3 is 2.00 bits per heavy atom. The van der Waals surface area contributed by atoms with Crippen molar-refractivity contribution >= 4 is 18.8 Å². The molecule has 130 valence electrons. The minimum Gasteiger partial charge on any atom is -0.339 e. The second-order valence-corrected chi connectivity index (χ2v) is 7.14. The normalized spacial score (nSPS) is 11.5. The van der Waals surface area contributed by atoms with Crippen LogP contribution >= 0.6 is 7.60 Å². The Kier molecular flexibility index (Phi) is 8.53. The Bertz CT molecular complexity index is 531. The minimum atomic E-state index is -3.49. The smallest absolute Gasteiger partial charge is 0.339 e. The standard InChI is InChI=1S/C17H28NO4P/c1-5-13-18(14-6-2)17(19)15-11-9-10-12-16(15)23(20,21-7-3)22-8-4/h9-12H,5-8,13-14H2,1-4H3. The summed E-state index contributed by atoms with van der Waals surface area (Å²) in [5.74, 6) is -0.121. The van der Waals surface area contributed by atoms with Gasteiger partial charge in [-0.3, -0.25) is 9.36 Å². The first kappa shape index (κ1) is 19.9. The molecule has 1 aromatic carbocycles. The SMILES string of the molecule is CCCN(CCC)C(=O)c1ccccc1P(=O)(OCC)OCC. The van der Waals surface area contributed by atoms with Crippen molar-refractivity contribution in [3.63, 3.8) is 0 Å². The van der Waals surface area contributed by atoms with Gasteiger partial charge in [0.15, 0.2) is 0 Å². The van der Waals surface area contributed by atoms with Crippen LogP contribution in [0.25, 0.3) is 0 Å². The molecule has 5 nitrogen and oxygen atoms in total. The van der Waals surface area contributed by atoms with Crippen LogP contribution in [-0.2, 0) is 13.6 Å². The summed E-state index contributed by atoms with van der Waals surface area (Å²) in [7, 11) is -3.49. The highest BCUT2D eigenvalue weighted by atomic mass is 31.2.